The van der Waals surface area contributed by atoms with Gasteiger partial charge in [0.05, 0.1) is 32.5 Å². The maximum atomic E-state index is 12.2. The number of rotatable bonds is 1. The third-order valence-electron chi connectivity index (χ3n) is 6.44. The molecule has 4 rings (SSSR count). The molecular weight excluding hydrogens is 335 g/mol. The highest BCUT2D eigenvalue weighted by Crippen LogP contribution is 2.70. The SMILES string of the molecule is CC1(C)[C@@]2(C)CC[C@@]1(C(=O)O)c1nc3cc(Cl)c(Cl)cc3nc12. The first-order chi connectivity index (χ1) is 10.6. The largest absolute Gasteiger partial charge is 0.481 e. The van der Waals surface area contributed by atoms with Crippen molar-refractivity contribution in [2.75, 3.05) is 0 Å². The van der Waals surface area contributed by atoms with Crippen LogP contribution in [0.25, 0.3) is 11.0 Å². The van der Waals surface area contributed by atoms with Crippen LogP contribution >= 0.6 is 23.2 Å². The van der Waals surface area contributed by atoms with E-state index in [-0.39, 0.29) is 5.41 Å². The summed E-state index contributed by atoms with van der Waals surface area (Å²) in [5.74, 6) is -0.821. The summed E-state index contributed by atoms with van der Waals surface area (Å²) in [4.78, 5) is 21.7. The van der Waals surface area contributed by atoms with Crippen molar-refractivity contribution in [3.8, 4) is 0 Å². The molecule has 1 fully saturated rings. The number of hydrogen-bond acceptors (Lipinski definition) is 3. The molecule has 0 aliphatic heterocycles. The molecule has 0 spiro atoms. The molecule has 4 nitrogen and oxygen atoms in total. The van der Waals surface area contributed by atoms with E-state index in [0.29, 0.717) is 33.2 Å². The third kappa shape index (κ3) is 1.47. The first-order valence-electron chi connectivity index (χ1n) is 7.56. The van der Waals surface area contributed by atoms with Crippen LogP contribution in [0.15, 0.2) is 12.1 Å². The fraction of sp³-hybridized carbons (Fsp3) is 0.471. The third-order valence-corrected chi connectivity index (χ3v) is 7.17. The molecule has 120 valence electrons. The first-order valence-corrected chi connectivity index (χ1v) is 8.32. The Morgan fingerprint density at radius 1 is 1.04 bits per heavy atom. The van der Waals surface area contributed by atoms with Gasteiger partial charge in [-0.3, -0.25) is 4.79 Å². The van der Waals surface area contributed by atoms with Crippen LogP contribution in [0.2, 0.25) is 10.0 Å². The predicted octanol–water partition coefficient (Wildman–Crippen LogP) is 4.35. The molecule has 2 aliphatic rings. The summed E-state index contributed by atoms with van der Waals surface area (Å²) in [6, 6.07) is 3.35. The number of hydrogen-bond donors (Lipinski definition) is 1. The highest BCUT2D eigenvalue weighted by atomic mass is 35.5. The summed E-state index contributed by atoms with van der Waals surface area (Å²) < 4.78 is 0. The van der Waals surface area contributed by atoms with E-state index >= 15 is 0 Å². The molecule has 2 aromatic rings. The van der Waals surface area contributed by atoms with Crippen LogP contribution in [0.1, 0.15) is 45.0 Å². The van der Waals surface area contributed by atoms with Gasteiger partial charge in [0.25, 0.3) is 0 Å². The minimum absolute atomic E-state index is 0.311. The van der Waals surface area contributed by atoms with Crippen LogP contribution < -0.4 is 0 Å². The highest BCUT2D eigenvalue weighted by Gasteiger charge is 2.73. The summed E-state index contributed by atoms with van der Waals surface area (Å²) in [6.45, 7) is 6.13. The van der Waals surface area contributed by atoms with Gasteiger partial charge in [-0.15, -0.1) is 0 Å². The van der Waals surface area contributed by atoms with E-state index in [1.165, 1.54) is 0 Å². The van der Waals surface area contributed by atoms with Gasteiger partial charge in [0.1, 0.15) is 5.41 Å². The second-order valence-electron chi connectivity index (χ2n) is 7.34. The van der Waals surface area contributed by atoms with E-state index in [1.807, 2.05) is 13.8 Å². The number of aromatic nitrogens is 2. The number of aliphatic carboxylic acids is 1. The van der Waals surface area contributed by atoms with Gasteiger partial charge >= 0.3 is 5.97 Å². The van der Waals surface area contributed by atoms with E-state index in [4.69, 9.17) is 28.2 Å². The van der Waals surface area contributed by atoms with Crippen LogP contribution in [-0.2, 0) is 15.6 Å². The number of carboxylic acids is 1. The Labute approximate surface area is 143 Å². The molecule has 2 aliphatic carbocycles. The second kappa shape index (κ2) is 4.17. The van der Waals surface area contributed by atoms with Crippen LogP contribution in [0.4, 0.5) is 0 Å². The molecule has 2 bridgehead atoms. The lowest BCUT2D eigenvalue weighted by Crippen LogP contribution is -2.45. The maximum absolute atomic E-state index is 12.2. The Bertz CT molecular complexity index is 896. The molecule has 0 radical (unpaired) electrons. The monoisotopic (exact) mass is 350 g/mol. The van der Waals surface area contributed by atoms with Crippen molar-refractivity contribution < 1.29 is 9.90 Å². The number of carboxylic acid groups (broad SMARTS) is 1. The summed E-state index contributed by atoms with van der Waals surface area (Å²) in [5, 5.41) is 10.9. The van der Waals surface area contributed by atoms with Crippen molar-refractivity contribution in [1.29, 1.82) is 0 Å². The molecule has 1 heterocycles. The van der Waals surface area contributed by atoms with E-state index < -0.39 is 16.8 Å². The molecule has 6 heteroatoms. The van der Waals surface area contributed by atoms with Gasteiger partial charge < -0.3 is 5.11 Å². The molecule has 1 saturated carbocycles. The molecule has 0 unspecified atom stereocenters. The summed E-state index contributed by atoms with van der Waals surface area (Å²) in [5.41, 5.74) is 0.864. The Morgan fingerprint density at radius 3 is 2.09 bits per heavy atom. The molecule has 1 N–H and O–H groups in total. The second-order valence-corrected chi connectivity index (χ2v) is 8.16. The lowest BCUT2D eigenvalue weighted by molar-refractivity contribution is -0.148. The molecule has 23 heavy (non-hydrogen) atoms. The van der Waals surface area contributed by atoms with Crippen molar-refractivity contribution in [2.24, 2.45) is 5.41 Å². The van der Waals surface area contributed by atoms with Gasteiger partial charge in [-0.05, 0) is 30.4 Å². The summed E-state index contributed by atoms with van der Waals surface area (Å²) >= 11 is 12.2. The minimum Gasteiger partial charge on any atom is -0.481 e. The Hall–Kier alpha value is -1.39. The molecule has 2 atom stereocenters. The van der Waals surface area contributed by atoms with E-state index in [1.54, 1.807) is 12.1 Å². The van der Waals surface area contributed by atoms with Crippen molar-refractivity contribution >= 4 is 40.2 Å². The van der Waals surface area contributed by atoms with E-state index in [9.17, 15) is 9.90 Å². The predicted molar refractivity (Wildman–Crippen MR) is 89.2 cm³/mol. The zero-order chi connectivity index (χ0) is 16.8. The van der Waals surface area contributed by atoms with E-state index in [2.05, 4.69) is 11.9 Å². The number of halogens is 2. The molecular formula is C17H16Cl2N2O2. The van der Waals surface area contributed by atoms with Crippen LogP contribution in [0, 0.1) is 5.41 Å². The highest BCUT2D eigenvalue weighted by molar-refractivity contribution is 6.42. The zero-order valence-electron chi connectivity index (χ0n) is 13.1. The van der Waals surface area contributed by atoms with E-state index in [0.717, 1.165) is 12.1 Å². The number of fused-ring (bicyclic) bond motifs is 6. The molecule has 0 amide bonds. The fourth-order valence-corrected chi connectivity index (χ4v) is 4.89. The van der Waals surface area contributed by atoms with Crippen molar-refractivity contribution in [3.05, 3.63) is 33.6 Å². The topological polar surface area (TPSA) is 63.1 Å². The average molecular weight is 351 g/mol. The van der Waals surface area contributed by atoms with Crippen molar-refractivity contribution in [2.45, 2.75) is 44.4 Å². The van der Waals surface area contributed by atoms with Gasteiger partial charge in [0.2, 0.25) is 0 Å². The van der Waals surface area contributed by atoms with Gasteiger partial charge in [-0.1, -0.05) is 44.0 Å². The van der Waals surface area contributed by atoms with Crippen LogP contribution in [0.3, 0.4) is 0 Å². The normalized spacial score (nSPS) is 30.7. The smallest absolute Gasteiger partial charge is 0.316 e. The number of benzene rings is 1. The number of nitrogens with zero attached hydrogens (tertiary/aromatic N) is 2. The first kappa shape index (κ1) is 15.2. The zero-order valence-corrected chi connectivity index (χ0v) is 14.6. The van der Waals surface area contributed by atoms with Gasteiger partial charge in [-0.2, -0.15) is 0 Å². The molecule has 0 saturated heterocycles. The lowest BCUT2D eigenvalue weighted by atomic mass is 9.64. The van der Waals surface area contributed by atoms with Gasteiger partial charge in [-0.25, -0.2) is 9.97 Å². The molecule has 1 aromatic carbocycles. The number of carbonyl (C=O) groups is 1. The van der Waals surface area contributed by atoms with Crippen molar-refractivity contribution in [3.63, 3.8) is 0 Å². The summed E-state index contributed by atoms with van der Waals surface area (Å²) in [7, 11) is 0. The van der Waals surface area contributed by atoms with Crippen LogP contribution in [0.5, 0.6) is 0 Å². The lowest BCUT2D eigenvalue weighted by Gasteiger charge is -2.37. The maximum Gasteiger partial charge on any atom is 0.316 e. The van der Waals surface area contributed by atoms with Gasteiger partial charge in [0.15, 0.2) is 0 Å². The van der Waals surface area contributed by atoms with Crippen LogP contribution in [-0.4, -0.2) is 21.0 Å². The minimum atomic E-state index is -0.996. The Morgan fingerprint density at radius 2 is 1.57 bits per heavy atom. The van der Waals surface area contributed by atoms with Gasteiger partial charge in [0, 0.05) is 5.41 Å². The quantitative estimate of drug-likeness (QED) is 0.830. The average Bonchev–Trinajstić information content (AvgIpc) is 2.75. The summed E-state index contributed by atoms with van der Waals surface area (Å²) in [6.07, 6.45) is 1.38. The van der Waals surface area contributed by atoms with Crippen molar-refractivity contribution in [1.82, 2.24) is 9.97 Å². The standard InChI is InChI=1S/C17H16Cl2N2O2/c1-15(2)16(3)4-5-17(15,14(22)23)13-12(16)20-10-6-8(18)9(19)7-11(10)21-13/h6-7H,4-5H2,1-3H3,(H,22,23)/t16-,17-/m0/s1. The Balaban J connectivity index is 2.13. The molecule has 1 aromatic heterocycles. The fourth-order valence-electron chi connectivity index (χ4n) is 4.57. The Kier molecular flexibility index (Phi) is 2.75.